The van der Waals surface area contributed by atoms with E-state index in [1.807, 2.05) is 0 Å². The van der Waals surface area contributed by atoms with Gasteiger partial charge in [0.15, 0.2) is 0 Å². The molecule has 0 aromatic heterocycles. The summed E-state index contributed by atoms with van der Waals surface area (Å²) in [5, 5.41) is 3.22. The van der Waals surface area contributed by atoms with Crippen LogP contribution in [-0.2, 0) is 0 Å². The summed E-state index contributed by atoms with van der Waals surface area (Å²) >= 11 is 0. The highest BCUT2D eigenvalue weighted by molar-refractivity contribution is 5.79. The van der Waals surface area contributed by atoms with Crippen LogP contribution in [-0.4, -0.2) is 19.0 Å². The van der Waals surface area contributed by atoms with E-state index in [9.17, 15) is 0 Å². The van der Waals surface area contributed by atoms with Gasteiger partial charge in [0.1, 0.15) is 0 Å². The van der Waals surface area contributed by atoms with Crippen LogP contribution in [0.25, 0.3) is 0 Å². The quantitative estimate of drug-likeness (QED) is 0.219. The SMILES string of the molecule is CCCCNC(=NCC1CCCC1C)NN. The molecule has 0 amide bonds. The summed E-state index contributed by atoms with van der Waals surface area (Å²) in [4.78, 5) is 4.52. The predicted molar refractivity (Wildman–Crippen MR) is 69.0 cm³/mol. The summed E-state index contributed by atoms with van der Waals surface area (Å²) in [5.74, 6) is 7.74. The van der Waals surface area contributed by atoms with Gasteiger partial charge in [0.25, 0.3) is 0 Å². The Morgan fingerprint density at radius 3 is 2.81 bits per heavy atom. The van der Waals surface area contributed by atoms with Crippen molar-refractivity contribution in [1.29, 1.82) is 0 Å². The van der Waals surface area contributed by atoms with Crippen molar-refractivity contribution in [3.8, 4) is 0 Å². The average molecular weight is 226 g/mol. The third kappa shape index (κ3) is 4.39. The van der Waals surface area contributed by atoms with E-state index in [-0.39, 0.29) is 0 Å². The van der Waals surface area contributed by atoms with E-state index in [0.717, 1.165) is 37.3 Å². The highest BCUT2D eigenvalue weighted by Crippen LogP contribution is 2.31. The summed E-state index contributed by atoms with van der Waals surface area (Å²) in [7, 11) is 0. The zero-order valence-corrected chi connectivity index (χ0v) is 10.6. The van der Waals surface area contributed by atoms with Crippen molar-refractivity contribution in [2.45, 2.75) is 46.0 Å². The third-order valence-electron chi connectivity index (χ3n) is 3.48. The molecule has 0 heterocycles. The number of hydrogen-bond donors (Lipinski definition) is 3. The zero-order chi connectivity index (χ0) is 11.8. The maximum atomic E-state index is 5.43. The number of nitrogens with zero attached hydrogens (tertiary/aromatic N) is 1. The summed E-state index contributed by atoms with van der Waals surface area (Å²) in [6.45, 7) is 6.35. The summed E-state index contributed by atoms with van der Waals surface area (Å²) in [6.07, 6.45) is 6.37. The molecule has 1 rings (SSSR count). The van der Waals surface area contributed by atoms with Crippen LogP contribution in [0.4, 0.5) is 0 Å². The lowest BCUT2D eigenvalue weighted by Gasteiger charge is -2.14. The molecule has 1 fully saturated rings. The highest BCUT2D eigenvalue weighted by atomic mass is 15.3. The minimum Gasteiger partial charge on any atom is -0.355 e. The van der Waals surface area contributed by atoms with E-state index in [4.69, 9.17) is 5.84 Å². The second-order valence-electron chi connectivity index (χ2n) is 4.78. The molecule has 0 aliphatic heterocycles. The fraction of sp³-hybridized carbons (Fsp3) is 0.917. The molecule has 4 N–H and O–H groups in total. The Hall–Kier alpha value is -0.770. The number of nitrogens with one attached hydrogen (secondary N) is 2. The second kappa shape index (κ2) is 7.49. The molecular weight excluding hydrogens is 200 g/mol. The number of aliphatic imine (C=N–C) groups is 1. The molecule has 2 unspecified atom stereocenters. The van der Waals surface area contributed by atoms with Crippen LogP contribution in [0.15, 0.2) is 4.99 Å². The molecule has 0 saturated heterocycles. The van der Waals surface area contributed by atoms with Crippen molar-refractivity contribution < 1.29 is 0 Å². The minimum atomic E-state index is 0.743. The third-order valence-corrected chi connectivity index (χ3v) is 3.48. The molecular formula is C12H26N4. The molecule has 4 nitrogen and oxygen atoms in total. The molecule has 1 aliphatic rings. The van der Waals surface area contributed by atoms with Crippen molar-refractivity contribution in [3.05, 3.63) is 0 Å². The van der Waals surface area contributed by atoms with Gasteiger partial charge >= 0.3 is 0 Å². The van der Waals surface area contributed by atoms with Gasteiger partial charge in [-0.3, -0.25) is 10.4 Å². The molecule has 0 aromatic rings. The van der Waals surface area contributed by atoms with Gasteiger partial charge in [-0.05, 0) is 24.7 Å². The van der Waals surface area contributed by atoms with Crippen LogP contribution >= 0.6 is 0 Å². The number of guanidine groups is 1. The number of rotatable bonds is 5. The maximum absolute atomic E-state index is 5.43. The Balaban J connectivity index is 2.28. The summed E-state index contributed by atoms with van der Waals surface area (Å²) in [5.41, 5.74) is 2.64. The minimum absolute atomic E-state index is 0.743. The number of unbranched alkanes of at least 4 members (excludes halogenated alkanes) is 1. The van der Waals surface area contributed by atoms with Crippen molar-refractivity contribution >= 4 is 5.96 Å². The van der Waals surface area contributed by atoms with Gasteiger partial charge in [-0.25, -0.2) is 5.84 Å². The number of hydrogen-bond acceptors (Lipinski definition) is 2. The molecule has 0 bridgehead atoms. The van der Waals surface area contributed by atoms with Gasteiger partial charge in [0.2, 0.25) is 5.96 Å². The van der Waals surface area contributed by atoms with Crippen LogP contribution < -0.4 is 16.6 Å². The molecule has 0 aromatic carbocycles. The van der Waals surface area contributed by atoms with Crippen LogP contribution in [0, 0.1) is 11.8 Å². The first-order valence-corrected chi connectivity index (χ1v) is 6.52. The number of nitrogens with two attached hydrogens (primary N) is 1. The van der Waals surface area contributed by atoms with Crippen molar-refractivity contribution in [2.75, 3.05) is 13.1 Å². The summed E-state index contributed by atoms with van der Waals surface area (Å²) in [6, 6.07) is 0. The van der Waals surface area contributed by atoms with Crippen LogP contribution in [0.1, 0.15) is 46.0 Å². The highest BCUT2D eigenvalue weighted by Gasteiger charge is 2.22. The zero-order valence-electron chi connectivity index (χ0n) is 10.6. The Bertz CT molecular complexity index is 215. The molecule has 4 heteroatoms. The van der Waals surface area contributed by atoms with E-state index in [2.05, 4.69) is 29.6 Å². The first kappa shape index (κ1) is 13.3. The standard InChI is InChI=1S/C12H26N4/c1-3-4-8-14-12(16-13)15-9-11-7-5-6-10(11)2/h10-11H,3-9,13H2,1-2H3,(H2,14,15,16). The van der Waals surface area contributed by atoms with Crippen LogP contribution in [0.3, 0.4) is 0 Å². The van der Waals surface area contributed by atoms with Gasteiger partial charge in [-0.15, -0.1) is 0 Å². The average Bonchev–Trinajstić information content (AvgIpc) is 2.69. The molecule has 94 valence electrons. The van der Waals surface area contributed by atoms with E-state index in [1.54, 1.807) is 0 Å². The molecule has 2 atom stereocenters. The fourth-order valence-corrected chi connectivity index (χ4v) is 2.24. The first-order valence-electron chi connectivity index (χ1n) is 6.52. The van der Waals surface area contributed by atoms with E-state index < -0.39 is 0 Å². The molecule has 1 aliphatic carbocycles. The van der Waals surface area contributed by atoms with E-state index in [0.29, 0.717) is 0 Å². The molecule has 0 spiro atoms. The lowest BCUT2D eigenvalue weighted by molar-refractivity contribution is 0.429. The predicted octanol–water partition coefficient (Wildman–Crippen LogP) is 1.63. The van der Waals surface area contributed by atoms with Gasteiger partial charge < -0.3 is 5.32 Å². The Labute approximate surface area is 99.1 Å². The topological polar surface area (TPSA) is 62.4 Å². The largest absolute Gasteiger partial charge is 0.355 e. The normalized spacial score (nSPS) is 25.8. The Morgan fingerprint density at radius 2 is 2.25 bits per heavy atom. The smallest absolute Gasteiger partial charge is 0.205 e. The summed E-state index contributed by atoms with van der Waals surface area (Å²) < 4.78 is 0. The van der Waals surface area contributed by atoms with Crippen molar-refractivity contribution in [1.82, 2.24) is 10.7 Å². The Morgan fingerprint density at radius 1 is 1.44 bits per heavy atom. The Kier molecular flexibility index (Phi) is 6.23. The monoisotopic (exact) mass is 226 g/mol. The maximum Gasteiger partial charge on any atom is 0.205 e. The lowest BCUT2D eigenvalue weighted by atomic mass is 9.99. The lowest BCUT2D eigenvalue weighted by Crippen LogP contribution is -2.42. The first-order chi connectivity index (χ1) is 7.77. The molecule has 16 heavy (non-hydrogen) atoms. The van der Waals surface area contributed by atoms with Gasteiger partial charge in [0, 0.05) is 13.1 Å². The second-order valence-corrected chi connectivity index (χ2v) is 4.78. The fourth-order valence-electron chi connectivity index (χ4n) is 2.24. The van der Waals surface area contributed by atoms with Crippen LogP contribution in [0.5, 0.6) is 0 Å². The van der Waals surface area contributed by atoms with E-state index >= 15 is 0 Å². The van der Waals surface area contributed by atoms with E-state index in [1.165, 1.54) is 25.7 Å². The van der Waals surface area contributed by atoms with Gasteiger partial charge in [-0.1, -0.05) is 33.1 Å². The van der Waals surface area contributed by atoms with Gasteiger partial charge in [-0.2, -0.15) is 0 Å². The van der Waals surface area contributed by atoms with Crippen molar-refractivity contribution in [3.63, 3.8) is 0 Å². The molecule has 1 saturated carbocycles. The molecule has 0 radical (unpaired) electrons. The number of hydrazine groups is 1. The van der Waals surface area contributed by atoms with Gasteiger partial charge in [0.05, 0.1) is 0 Å². The van der Waals surface area contributed by atoms with Crippen LogP contribution in [0.2, 0.25) is 0 Å². The van der Waals surface area contributed by atoms with Crippen molar-refractivity contribution in [2.24, 2.45) is 22.7 Å².